The molecule has 2 aliphatic rings. The van der Waals surface area contributed by atoms with E-state index in [9.17, 15) is 9.90 Å². The van der Waals surface area contributed by atoms with Crippen LogP contribution in [0.4, 0.5) is 0 Å². The summed E-state index contributed by atoms with van der Waals surface area (Å²) in [7, 11) is -1.76. The van der Waals surface area contributed by atoms with Crippen LogP contribution in [0, 0.1) is 5.92 Å². The summed E-state index contributed by atoms with van der Waals surface area (Å²) in [5.74, 6) is -0.890. The average molecular weight is 287 g/mol. The molecule has 19 heavy (non-hydrogen) atoms. The summed E-state index contributed by atoms with van der Waals surface area (Å²) in [6.45, 7) is 12.3. The molecule has 1 amide bonds. The number of nitrogens with zero attached hydrogens (tertiary/aromatic N) is 1. The van der Waals surface area contributed by atoms with Gasteiger partial charge in [-0.1, -0.05) is 19.6 Å². The van der Waals surface area contributed by atoms with Gasteiger partial charge in [0, 0.05) is 0 Å². The van der Waals surface area contributed by atoms with Crippen LogP contribution in [0.5, 0.6) is 0 Å². The lowest BCUT2D eigenvalue weighted by Gasteiger charge is -2.56. The number of carbonyl (C=O) groups is 1. The van der Waals surface area contributed by atoms with Gasteiger partial charge in [-0.2, -0.15) is 0 Å². The number of hydrogen-bond donors (Lipinski definition) is 1. The lowest BCUT2D eigenvalue weighted by molar-refractivity contribution is -0.177. The Kier molecular flexibility index (Phi) is 3.58. The normalized spacial score (nSPS) is 36.3. The van der Waals surface area contributed by atoms with E-state index in [1.54, 1.807) is 6.92 Å². The monoisotopic (exact) mass is 287 g/mol. The summed E-state index contributed by atoms with van der Waals surface area (Å²) in [5, 5.41) is 9.86. The average Bonchev–Trinajstić information content (AvgIpc) is 2.51. The standard InChI is InChI=1S/C13H25NO4Si/c1-8(15)10-11(9-7-17-13(2,3)18-9)14(12(10)16)19(4,5)6/h8-11,15H,7H2,1-6H3/t8-,9-,10-,11-/m1/s1. The SMILES string of the molecule is C[C@@H](O)[C@H]1C(=O)N([Si](C)(C)C)[C@@H]1[C@H]1COC(C)(C)O1. The van der Waals surface area contributed by atoms with Gasteiger partial charge < -0.3 is 19.1 Å². The zero-order valence-electron chi connectivity index (χ0n) is 12.6. The number of aliphatic hydroxyl groups excluding tert-OH is 1. The van der Waals surface area contributed by atoms with Crippen molar-refractivity contribution in [2.24, 2.45) is 5.92 Å². The first-order valence-electron chi connectivity index (χ1n) is 6.87. The third-order valence-electron chi connectivity index (χ3n) is 3.84. The zero-order chi connectivity index (χ0) is 14.6. The molecule has 0 aromatic heterocycles. The van der Waals surface area contributed by atoms with Crippen molar-refractivity contribution in [3.8, 4) is 0 Å². The van der Waals surface area contributed by atoms with E-state index >= 15 is 0 Å². The van der Waals surface area contributed by atoms with Gasteiger partial charge in [0.1, 0.15) is 6.10 Å². The maximum Gasteiger partial charge on any atom is 0.222 e. The van der Waals surface area contributed by atoms with Gasteiger partial charge >= 0.3 is 0 Å². The Labute approximate surface area is 116 Å². The van der Waals surface area contributed by atoms with E-state index in [1.165, 1.54) is 0 Å². The first kappa shape index (κ1) is 15.0. The highest BCUT2D eigenvalue weighted by molar-refractivity contribution is 6.76. The smallest absolute Gasteiger partial charge is 0.222 e. The van der Waals surface area contributed by atoms with Crippen molar-refractivity contribution >= 4 is 14.1 Å². The minimum Gasteiger partial charge on any atom is -0.393 e. The lowest BCUT2D eigenvalue weighted by Crippen LogP contribution is -2.75. The molecule has 5 nitrogen and oxygen atoms in total. The molecule has 2 aliphatic heterocycles. The third-order valence-corrected chi connectivity index (χ3v) is 5.81. The summed E-state index contributed by atoms with van der Waals surface area (Å²) in [5.41, 5.74) is 0. The number of hydrogen-bond acceptors (Lipinski definition) is 4. The Balaban J connectivity index is 2.21. The summed E-state index contributed by atoms with van der Waals surface area (Å²) in [6, 6.07) is -0.0547. The van der Waals surface area contributed by atoms with Gasteiger partial charge in [-0.3, -0.25) is 4.79 Å². The number of rotatable bonds is 3. The molecular weight excluding hydrogens is 262 g/mol. The summed E-state index contributed by atoms with van der Waals surface area (Å²) in [6.07, 6.45) is -0.781. The number of β-lactam (4-membered cyclic amide) rings is 1. The molecule has 0 bridgehead atoms. The van der Waals surface area contributed by atoms with E-state index in [4.69, 9.17) is 9.47 Å². The van der Waals surface area contributed by atoms with Gasteiger partial charge in [-0.05, 0) is 20.8 Å². The van der Waals surface area contributed by atoms with Crippen LogP contribution in [-0.4, -0.2) is 54.5 Å². The molecule has 2 saturated heterocycles. The molecule has 0 aliphatic carbocycles. The van der Waals surface area contributed by atoms with E-state index in [-0.39, 0.29) is 24.0 Å². The van der Waals surface area contributed by atoms with Crippen LogP contribution < -0.4 is 0 Å². The molecule has 0 aromatic rings. The second kappa shape index (κ2) is 4.55. The predicted octanol–water partition coefficient (Wildman–Crippen LogP) is 1.18. The van der Waals surface area contributed by atoms with E-state index in [1.807, 2.05) is 18.4 Å². The van der Waals surface area contributed by atoms with Crippen molar-refractivity contribution in [2.75, 3.05) is 6.61 Å². The second-order valence-electron chi connectivity index (χ2n) is 7.00. The topological polar surface area (TPSA) is 59.0 Å². The lowest BCUT2D eigenvalue weighted by atomic mass is 9.82. The molecule has 0 spiro atoms. The van der Waals surface area contributed by atoms with E-state index in [2.05, 4.69) is 19.6 Å². The molecule has 1 N–H and O–H groups in total. The molecule has 2 rings (SSSR count). The highest BCUT2D eigenvalue weighted by Gasteiger charge is 2.59. The van der Waals surface area contributed by atoms with Crippen LogP contribution in [-0.2, 0) is 14.3 Å². The fourth-order valence-electron chi connectivity index (χ4n) is 3.08. The van der Waals surface area contributed by atoms with E-state index in [0.29, 0.717) is 6.61 Å². The summed E-state index contributed by atoms with van der Waals surface area (Å²) in [4.78, 5) is 12.3. The van der Waals surface area contributed by atoms with Crippen molar-refractivity contribution in [3.63, 3.8) is 0 Å². The quantitative estimate of drug-likeness (QED) is 0.625. The van der Waals surface area contributed by atoms with Gasteiger partial charge in [-0.15, -0.1) is 0 Å². The molecule has 0 unspecified atom stereocenters. The summed E-state index contributed by atoms with van der Waals surface area (Å²) >= 11 is 0. The van der Waals surface area contributed by atoms with Crippen molar-refractivity contribution in [3.05, 3.63) is 0 Å². The highest BCUT2D eigenvalue weighted by Crippen LogP contribution is 2.40. The fourth-order valence-corrected chi connectivity index (χ4v) is 5.11. The molecular formula is C13H25NO4Si. The number of amides is 1. The van der Waals surface area contributed by atoms with Crippen LogP contribution in [0.2, 0.25) is 19.6 Å². The first-order valence-corrected chi connectivity index (χ1v) is 10.3. The molecule has 0 saturated carbocycles. The molecule has 0 radical (unpaired) electrons. The van der Waals surface area contributed by atoms with Crippen LogP contribution >= 0.6 is 0 Å². The van der Waals surface area contributed by atoms with Gasteiger partial charge in [-0.25, -0.2) is 0 Å². The Morgan fingerprint density at radius 1 is 1.42 bits per heavy atom. The minimum atomic E-state index is -1.76. The van der Waals surface area contributed by atoms with Crippen LogP contribution in [0.25, 0.3) is 0 Å². The van der Waals surface area contributed by atoms with Gasteiger partial charge in [0.15, 0.2) is 14.0 Å². The van der Waals surface area contributed by atoms with Gasteiger partial charge in [0.05, 0.1) is 24.7 Å². The van der Waals surface area contributed by atoms with Crippen LogP contribution in [0.3, 0.4) is 0 Å². The Bertz CT molecular complexity index is 377. The predicted molar refractivity (Wildman–Crippen MR) is 74.1 cm³/mol. The van der Waals surface area contributed by atoms with Crippen molar-refractivity contribution in [2.45, 2.75) is 64.4 Å². The number of ether oxygens (including phenoxy) is 2. The zero-order valence-corrected chi connectivity index (χ0v) is 13.6. The van der Waals surface area contributed by atoms with E-state index in [0.717, 1.165) is 0 Å². The number of carbonyl (C=O) groups excluding carboxylic acids is 1. The molecule has 110 valence electrons. The largest absolute Gasteiger partial charge is 0.393 e. The second-order valence-corrected chi connectivity index (χ2v) is 11.8. The van der Waals surface area contributed by atoms with Crippen molar-refractivity contribution < 1.29 is 19.4 Å². The molecule has 6 heteroatoms. The van der Waals surface area contributed by atoms with E-state index < -0.39 is 20.1 Å². The number of aliphatic hydroxyl groups is 1. The fraction of sp³-hybridized carbons (Fsp3) is 0.923. The van der Waals surface area contributed by atoms with Gasteiger partial charge in [0.25, 0.3) is 0 Å². The Morgan fingerprint density at radius 2 is 2.00 bits per heavy atom. The Hall–Kier alpha value is -0.433. The maximum atomic E-state index is 12.3. The van der Waals surface area contributed by atoms with Crippen molar-refractivity contribution in [1.82, 2.24) is 4.57 Å². The van der Waals surface area contributed by atoms with Gasteiger partial charge in [0.2, 0.25) is 5.91 Å². The Morgan fingerprint density at radius 3 is 2.37 bits per heavy atom. The first-order chi connectivity index (χ1) is 8.54. The highest BCUT2D eigenvalue weighted by atomic mass is 28.3. The molecule has 4 atom stereocenters. The summed E-state index contributed by atoms with van der Waals surface area (Å²) < 4.78 is 13.5. The third kappa shape index (κ3) is 2.59. The molecule has 0 aromatic carbocycles. The van der Waals surface area contributed by atoms with Crippen LogP contribution in [0.1, 0.15) is 20.8 Å². The minimum absolute atomic E-state index is 0.0547. The molecule has 2 heterocycles. The maximum absolute atomic E-state index is 12.3. The van der Waals surface area contributed by atoms with Crippen LogP contribution in [0.15, 0.2) is 0 Å². The van der Waals surface area contributed by atoms with Crippen molar-refractivity contribution in [1.29, 1.82) is 0 Å². The molecule has 2 fully saturated rings.